The van der Waals surface area contributed by atoms with Crippen molar-refractivity contribution in [3.63, 3.8) is 0 Å². The topological polar surface area (TPSA) is 110 Å². The fourth-order valence-corrected chi connectivity index (χ4v) is 1.59. The average Bonchev–Trinajstić information content (AvgIpc) is 2.60. The Balaban J connectivity index is 2.68. The van der Waals surface area contributed by atoms with E-state index in [9.17, 15) is 9.59 Å². The van der Waals surface area contributed by atoms with Gasteiger partial charge in [-0.15, -0.1) is 0 Å². The molecule has 4 N–H and O–H groups in total. The second-order valence-electron chi connectivity index (χ2n) is 4.87. The van der Waals surface area contributed by atoms with E-state index in [1.165, 1.54) is 6.20 Å². The normalized spacial score (nSPS) is 13.1. The van der Waals surface area contributed by atoms with Crippen LogP contribution in [0, 0.1) is 0 Å². The van der Waals surface area contributed by atoms with Crippen molar-refractivity contribution < 1.29 is 14.7 Å². The number of aromatic nitrogens is 2. The van der Waals surface area contributed by atoms with Gasteiger partial charge in [0, 0.05) is 24.3 Å². The first-order chi connectivity index (χ1) is 8.21. The number of aryl methyl sites for hydroxylation is 1. The second-order valence-corrected chi connectivity index (χ2v) is 4.87. The van der Waals surface area contributed by atoms with Crippen LogP contribution in [0.4, 0.5) is 0 Å². The molecule has 0 fully saturated rings. The average molecular weight is 254 g/mol. The Kier molecular flexibility index (Phi) is 4.07. The molecular weight excluding hydrogens is 236 g/mol. The molecule has 0 saturated heterocycles. The van der Waals surface area contributed by atoms with E-state index in [0.29, 0.717) is 5.56 Å². The second kappa shape index (κ2) is 5.18. The summed E-state index contributed by atoms with van der Waals surface area (Å²) >= 11 is 0. The van der Waals surface area contributed by atoms with Crippen LogP contribution in [-0.2, 0) is 16.6 Å². The Morgan fingerprint density at radius 1 is 1.61 bits per heavy atom. The smallest absolute Gasteiger partial charge is 0.305 e. The monoisotopic (exact) mass is 254 g/mol. The van der Waals surface area contributed by atoms with Gasteiger partial charge in [0.05, 0.1) is 12.6 Å². The lowest BCUT2D eigenvalue weighted by Crippen LogP contribution is -2.48. The lowest BCUT2D eigenvalue weighted by atomic mass is 9.99. The number of nitrogens with zero attached hydrogens (tertiary/aromatic N) is 2. The maximum absolute atomic E-state index is 11.9. The molecule has 0 spiro atoms. The van der Waals surface area contributed by atoms with Gasteiger partial charge >= 0.3 is 5.97 Å². The van der Waals surface area contributed by atoms with Crippen molar-refractivity contribution in [3.8, 4) is 0 Å². The molecular formula is C11H18N4O3. The van der Waals surface area contributed by atoms with E-state index in [4.69, 9.17) is 10.8 Å². The summed E-state index contributed by atoms with van der Waals surface area (Å²) in [7, 11) is 1.72. The Labute approximate surface area is 105 Å². The Bertz CT molecular complexity index is 453. The van der Waals surface area contributed by atoms with Crippen molar-refractivity contribution >= 4 is 11.9 Å². The standard InChI is InChI=1S/C11H18N4O3/c1-11(2,4-8(16)17)14-10(18)9(12)7-5-13-15(3)6-7/h5-6,9H,4,12H2,1-3H3,(H,14,18)(H,16,17). The Hall–Kier alpha value is -1.89. The van der Waals surface area contributed by atoms with E-state index < -0.39 is 23.5 Å². The number of aliphatic carboxylic acids is 1. The SMILES string of the molecule is Cn1cc(C(N)C(=O)NC(C)(C)CC(=O)O)cn1. The first kappa shape index (κ1) is 14.2. The number of carboxylic acids is 1. The summed E-state index contributed by atoms with van der Waals surface area (Å²) in [5, 5.41) is 15.3. The highest BCUT2D eigenvalue weighted by Crippen LogP contribution is 2.13. The van der Waals surface area contributed by atoms with Gasteiger partial charge in [0.15, 0.2) is 0 Å². The first-order valence-electron chi connectivity index (χ1n) is 5.49. The van der Waals surface area contributed by atoms with Gasteiger partial charge in [-0.05, 0) is 13.8 Å². The minimum absolute atomic E-state index is 0.168. The number of nitrogens with one attached hydrogen (secondary N) is 1. The van der Waals surface area contributed by atoms with Crippen molar-refractivity contribution in [3.05, 3.63) is 18.0 Å². The van der Waals surface area contributed by atoms with Gasteiger partial charge in [-0.2, -0.15) is 5.10 Å². The molecule has 1 aromatic rings. The maximum atomic E-state index is 11.9. The Morgan fingerprint density at radius 3 is 2.67 bits per heavy atom. The minimum atomic E-state index is -0.977. The molecule has 18 heavy (non-hydrogen) atoms. The summed E-state index contributed by atoms with van der Waals surface area (Å²) in [6.45, 7) is 3.27. The lowest BCUT2D eigenvalue weighted by Gasteiger charge is -2.25. The number of nitrogens with two attached hydrogens (primary N) is 1. The van der Waals surface area contributed by atoms with Crippen molar-refractivity contribution in [2.75, 3.05) is 0 Å². The number of carbonyl (C=O) groups excluding carboxylic acids is 1. The summed E-state index contributed by atoms with van der Waals surface area (Å²) in [6.07, 6.45) is 2.99. The number of hydrogen-bond donors (Lipinski definition) is 3. The molecule has 0 aromatic carbocycles. The third-order valence-corrected chi connectivity index (χ3v) is 2.42. The van der Waals surface area contributed by atoms with Crippen LogP contribution >= 0.6 is 0 Å². The molecule has 0 bridgehead atoms. The van der Waals surface area contributed by atoms with Crippen molar-refractivity contribution in [2.24, 2.45) is 12.8 Å². The van der Waals surface area contributed by atoms with Gasteiger partial charge in [0.2, 0.25) is 5.91 Å². The summed E-state index contributed by atoms with van der Waals surface area (Å²) in [6, 6.07) is -0.855. The van der Waals surface area contributed by atoms with E-state index in [1.54, 1.807) is 31.8 Å². The number of rotatable bonds is 5. The van der Waals surface area contributed by atoms with Crippen molar-refractivity contribution in [1.82, 2.24) is 15.1 Å². The maximum Gasteiger partial charge on any atom is 0.305 e. The van der Waals surface area contributed by atoms with Gasteiger partial charge in [0.1, 0.15) is 6.04 Å². The summed E-state index contributed by atoms with van der Waals surface area (Å²) < 4.78 is 1.55. The van der Waals surface area contributed by atoms with Gasteiger partial charge < -0.3 is 16.2 Å². The third-order valence-electron chi connectivity index (χ3n) is 2.42. The predicted octanol–water partition coefficient (Wildman–Crippen LogP) is -0.211. The molecule has 100 valence electrons. The number of amides is 1. The highest BCUT2D eigenvalue weighted by atomic mass is 16.4. The first-order valence-corrected chi connectivity index (χ1v) is 5.49. The van der Waals surface area contributed by atoms with Crippen LogP contribution in [0.2, 0.25) is 0 Å². The van der Waals surface area contributed by atoms with Crippen LogP contribution in [-0.4, -0.2) is 32.3 Å². The van der Waals surface area contributed by atoms with E-state index >= 15 is 0 Å². The van der Waals surface area contributed by atoms with Gasteiger partial charge in [-0.3, -0.25) is 14.3 Å². The number of carbonyl (C=O) groups is 2. The third kappa shape index (κ3) is 3.85. The molecule has 1 atom stereocenters. The summed E-state index contributed by atoms with van der Waals surface area (Å²) in [4.78, 5) is 22.5. The number of carboxylic acid groups (broad SMARTS) is 1. The van der Waals surface area contributed by atoms with E-state index in [1.807, 2.05) is 0 Å². The largest absolute Gasteiger partial charge is 0.481 e. The zero-order valence-electron chi connectivity index (χ0n) is 10.7. The van der Waals surface area contributed by atoms with E-state index in [2.05, 4.69) is 10.4 Å². The molecule has 0 aliphatic carbocycles. The molecule has 1 aromatic heterocycles. The highest BCUT2D eigenvalue weighted by Gasteiger charge is 2.27. The predicted molar refractivity (Wildman–Crippen MR) is 64.6 cm³/mol. The molecule has 7 heteroatoms. The molecule has 7 nitrogen and oxygen atoms in total. The fourth-order valence-electron chi connectivity index (χ4n) is 1.59. The molecule has 1 rings (SSSR count). The van der Waals surface area contributed by atoms with Crippen LogP contribution in [0.5, 0.6) is 0 Å². The molecule has 0 saturated carbocycles. The zero-order valence-corrected chi connectivity index (χ0v) is 10.7. The minimum Gasteiger partial charge on any atom is -0.481 e. The Morgan fingerprint density at radius 2 is 2.22 bits per heavy atom. The molecule has 0 aliphatic heterocycles. The van der Waals surface area contributed by atoms with Crippen LogP contribution in [0.1, 0.15) is 31.9 Å². The molecule has 1 unspecified atom stereocenters. The van der Waals surface area contributed by atoms with Crippen LogP contribution < -0.4 is 11.1 Å². The van der Waals surface area contributed by atoms with Gasteiger partial charge in [-0.25, -0.2) is 0 Å². The molecule has 0 radical (unpaired) electrons. The molecule has 1 heterocycles. The summed E-state index contributed by atoms with van der Waals surface area (Å²) in [5.41, 5.74) is 5.52. The zero-order chi connectivity index (χ0) is 13.9. The molecule has 0 aliphatic rings. The van der Waals surface area contributed by atoms with Gasteiger partial charge in [-0.1, -0.05) is 0 Å². The van der Waals surface area contributed by atoms with Crippen LogP contribution in [0.15, 0.2) is 12.4 Å². The van der Waals surface area contributed by atoms with E-state index in [-0.39, 0.29) is 6.42 Å². The highest BCUT2D eigenvalue weighted by molar-refractivity contribution is 5.84. The quantitative estimate of drug-likeness (QED) is 0.673. The fraction of sp³-hybridized carbons (Fsp3) is 0.545. The van der Waals surface area contributed by atoms with Crippen LogP contribution in [0.25, 0.3) is 0 Å². The van der Waals surface area contributed by atoms with Crippen LogP contribution in [0.3, 0.4) is 0 Å². The lowest BCUT2D eigenvalue weighted by molar-refractivity contribution is -0.138. The molecule has 1 amide bonds. The van der Waals surface area contributed by atoms with E-state index in [0.717, 1.165) is 0 Å². The van der Waals surface area contributed by atoms with Crippen molar-refractivity contribution in [1.29, 1.82) is 0 Å². The number of hydrogen-bond acceptors (Lipinski definition) is 4. The summed E-state index contributed by atoms with van der Waals surface area (Å²) in [5.74, 6) is -1.40. The van der Waals surface area contributed by atoms with Crippen molar-refractivity contribution in [2.45, 2.75) is 31.8 Å². The van der Waals surface area contributed by atoms with Gasteiger partial charge in [0.25, 0.3) is 0 Å².